The van der Waals surface area contributed by atoms with Crippen LogP contribution >= 0.6 is 34.8 Å². The first-order valence-electron chi connectivity index (χ1n) is 6.26. The van der Waals surface area contributed by atoms with E-state index in [1.807, 2.05) is 24.3 Å². The molecule has 0 spiro atoms. The van der Waals surface area contributed by atoms with E-state index in [4.69, 9.17) is 39.5 Å². The molecule has 1 N–H and O–H groups in total. The number of ether oxygens (including phenoxy) is 1. The van der Waals surface area contributed by atoms with Crippen LogP contribution in [0.1, 0.15) is 5.56 Å². The molecule has 0 radical (unpaired) electrons. The molecule has 2 aromatic rings. The SMILES string of the molecule is Clc1ccc2c(c1)CC(CNc1cc(Cl)ccc1Cl)O2. The van der Waals surface area contributed by atoms with Crippen molar-refractivity contribution in [3.8, 4) is 5.75 Å². The van der Waals surface area contributed by atoms with Crippen LogP contribution in [-0.2, 0) is 6.42 Å². The fraction of sp³-hybridized carbons (Fsp3) is 0.200. The summed E-state index contributed by atoms with van der Waals surface area (Å²) in [6, 6.07) is 11.0. The molecule has 0 saturated carbocycles. The number of hydrogen-bond donors (Lipinski definition) is 1. The average molecular weight is 329 g/mol. The molecule has 5 heteroatoms. The van der Waals surface area contributed by atoms with Crippen molar-refractivity contribution in [1.29, 1.82) is 0 Å². The molecule has 1 heterocycles. The molecule has 2 nitrogen and oxygen atoms in total. The normalized spacial score (nSPS) is 16.6. The first kappa shape index (κ1) is 13.9. The smallest absolute Gasteiger partial charge is 0.123 e. The van der Waals surface area contributed by atoms with Crippen molar-refractivity contribution in [3.63, 3.8) is 0 Å². The van der Waals surface area contributed by atoms with E-state index < -0.39 is 0 Å². The Morgan fingerprint density at radius 1 is 1.05 bits per heavy atom. The third-order valence-electron chi connectivity index (χ3n) is 3.21. The van der Waals surface area contributed by atoms with Crippen LogP contribution in [0.2, 0.25) is 15.1 Å². The van der Waals surface area contributed by atoms with Crippen LogP contribution in [0.5, 0.6) is 5.75 Å². The van der Waals surface area contributed by atoms with E-state index in [0.717, 1.165) is 28.4 Å². The minimum Gasteiger partial charge on any atom is -0.488 e. The molecule has 104 valence electrons. The fourth-order valence-corrected chi connectivity index (χ4v) is 2.81. The Morgan fingerprint density at radius 2 is 1.80 bits per heavy atom. The molecule has 3 rings (SSSR count). The van der Waals surface area contributed by atoms with E-state index in [9.17, 15) is 0 Å². The van der Waals surface area contributed by atoms with Gasteiger partial charge in [0.05, 0.1) is 17.3 Å². The van der Waals surface area contributed by atoms with Crippen LogP contribution in [0.4, 0.5) is 5.69 Å². The highest BCUT2D eigenvalue weighted by molar-refractivity contribution is 6.35. The topological polar surface area (TPSA) is 21.3 Å². The van der Waals surface area contributed by atoms with E-state index in [1.54, 1.807) is 12.1 Å². The van der Waals surface area contributed by atoms with Gasteiger partial charge >= 0.3 is 0 Å². The predicted molar refractivity (Wildman–Crippen MR) is 84.5 cm³/mol. The van der Waals surface area contributed by atoms with Gasteiger partial charge in [0.25, 0.3) is 0 Å². The maximum atomic E-state index is 6.11. The van der Waals surface area contributed by atoms with Crippen molar-refractivity contribution in [3.05, 3.63) is 57.0 Å². The Morgan fingerprint density at radius 3 is 2.65 bits per heavy atom. The minimum absolute atomic E-state index is 0.0681. The van der Waals surface area contributed by atoms with Gasteiger partial charge in [-0.25, -0.2) is 0 Å². The molecule has 0 amide bonds. The van der Waals surface area contributed by atoms with Crippen LogP contribution in [0.25, 0.3) is 0 Å². The monoisotopic (exact) mass is 327 g/mol. The highest BCUT2D eigenvalue weighted by atomic mass is 35.5. The summed E-state index contributed by atoms with van der Waals surface area (Å²) in [7, 11) is 0. The van der Waals surface area contributed by atoms with Crippen molar-refractivity contribution in [1.82, 2.24) is 0 Å². The van der Waals surface area contributed by atoms with Gasteiger partial charge in [-0.2, -0.15) is 0 Å². The number of anilines is 1. The molecular weight excluding hydrogens is 317 g/mol. The van der Waals surface area contributed by atoms with Gasteiger partial charge in [-0.3, -0.25) is 0 Å². The molecular formula is C15H12Cl3NO. The number of benzene rings is 2. The Hall–Kier alpha value is -1.09. The lowest BCUT2D eigenvalue weighted by Gasteiger charge is -2.14. The van der Waals surface area contributed by atoms with Crippen molar-refractivity contribution in [2.75, 3.05) is 11.9 Å². The third-order valence-corrected chi connectivity index (χ3v) is 4.01. The van der Waals surface area contributed by atoms with Gasteiger partial charge in [0.2, 0.25) is 0 Å². The molecule has 0 fully saturated rings. The predicted octanol–water partition coefficient (Wildman–Crippen LogP) is 5.06. The van der Waals surface area contributed by atoms with Crippen molar-refractivity contribution in [2.45, 2.75) is 12.5 Å². The lowest BCUT2D eigenvalue weighted by atomic mass is 10.1. The second-order valence-corrected chi connectivity index (χ2v) is 5.98. The van der Waals surface area contributed by atoms with Gasteiger partial charge in [0.1, 0.15) is 11.9 Å². The Bertz CT molecular complexity index is 645. The van der Waals surface area contributed by atoms with E-state index in [-0.39, 0.29) is 6.10 Å². The van der Waals surface area contributed by atoms with Gasteiger partial charge in [-0.15, -0.1) is 0 Å². The number of fused-ring (bicyclic) bond motifs is 1. The summed E-state index contributed by atoms with van der Waals surface area (Å²) in [4.78, 5) is 0. The summed E-state index contributed by atoms with van der Waals surface area (Å²) in [6.07, 6.45) is 0.902. The molecule has 0 aliphatic carbocycles. The van der Waals surface area contributed by atoms with Crippen LogP contribution < -0.4 is 10.1 Å². The minimum atomic E-state index is 0.0681. The lowest BCUT2D eigenvalue weighted by Crippen LogP contribution is -2.24. The first-order chi connectivity index (χ1) is 9.61. The zero-order chi connectivity index (χ0) is 14.1. The third kappa shape index (κ3) is 2.98. The summed E-state index contributed by atoms with van der Waals surface area (Å²) in [5.74, 6) is 0.901. The Kier molecular flexibility index (Phi) is 3.97. The second-order valence-electron chi connectivity index (χ2n) is 4.70. The van der Waals surface area contributed by atoms with Crippen LogP contribution in [-0.4, -0.2) is 12.6 Å². The second kappa shape index (κ2) is 5.72. The Labute approximate surface area is 132 Å². The molecule has 1 unspecified atom stereocenters. The van der Waals surface area contributed by atoms with Gasteiger partial charge in [0, 0.05) is 16.5 Å². The fourth-order valence-electron chi connectivity index (χ4n) is 2.26. The lowest BCUT2D eigenvalue weighted by molar-refractivity contribution is 0.246. The van der Waals surface area contributed by atoms with E-state index in [2.05, 4.69) is 5.32 Å². The average Bonchev–Trinajstić information content (AvgIpc) is 2.81. The van der Waals surface area contributed by atoms with Crippen LogP contribution in [0, 0.1) is 0 Å². The zero-order valence-corrected chi connectivity index (χ0v) is 12.8. The largest absolute Gasteiger partial charge is 0.488 e. The summed E-state index contributed by atoms with van der Waals surface area (Å²) in [6.45, 7) is 0.659. The summed E-state index contributed by atoms with van der Waals surface area (Å²) in [5.41, 5.74) is 1.96. The molecule has 20 heavy (non-hydrogen) atoms. The highest BCUT2D eigenvalue weighted by Gasteiger charge is 2.22. The van der Waals surface area contributed by atoms with E-state index in [1.165, 1.54) is 0 Å². The molecule has 1 atom stereocenters. The summed E-state index contributed by atoms with van der Waals surface area (Å²) < 4.78 is 5.86. The standard InChI is InChI=1S/C15H12Cl3NO/c16-10-2-4-15-9(5-10)6-12(20-15)8-19-14-7-11(17)1-3-13(14)18/h1-5,7,12,19H,6,8H2. The zero-order valence-electron chi connectivity index (χ0n) is 10.5. The molecule has 0 aromatic heterocycles. The maximum absolute atomic E-state index is 6.11. The summed E-state index contributed by atoms with van der Waals surface area (Å²) in [5, 5.41) is 5.30. The van der Waals surface area contributed by atoms with Crippen molar-refractivity contribution >= 4 is 40.5 Å². The van der Waals surface area contributed by atoms with E-state index >= 15 is 0 Å². The number of hydrogen-bond acceptors (Lipinski definition) is 2. The van der Waals surface area contributed by atoms with Gasteiger partial charge in [-0.1, -0.05) is 34.8 Å². The number of rotatable bonds is 3. The first-order valence-corrected chi connectivity index (χ1v) is 7.39. The van der Waals surface area contributed by atoms with Crippen molar-refractivity contribution < 1.29 is 4.74 Å². The molecule has 1 aliphatic heterocycles. The van der Waals surface area contributed by atoms with Crippen LogP contribution in [0.3, 0.4) is 0 Å². The van der Waals surface area contributed by atoms with Gasteiger partial charge in [0.15, 0.2) is 0 Å². The highest BCUT2D eigenvalue weighted by Crippen LogP contribution is 2.32. The van der Waals surface area contributed by atoms with Crippen LogP contribution in [0.15, 0.2) is 36.4 Å². The maximum Gasteiger partial charge on any atom is 0.123 e. The van der Waals surface area contributed by atoms with E-state index in [0.29, 0.717) is 16.6 Å². The Balaban J connectivity index is 1.65. The molecule has 2 aromatic carbocycles. The van der Waals surface area contributed by atoms with Gasteiger partial charge < -0.3 is 10.1 Å². The quantitative estimate of drug-likeness (QED) is 0.850. The molecule has 0 bridgehead atoms. The number of nitrogens with one attached hydrogen (secondary N) is 1. The number of halogens is 3. The van der Waals surface area contributed by atoms with Gasteiger partial charge in [-0.05, 0) is 42.0 Å². The molecule has 0 saturated heterocycles. The van der Waals surface area contributed by atoms with Crippen molar-refractivity contribution in [2.24, 2.45) is 0 Å². The summed E-state index contributed by atoms with van der Waals surface area (Å²) >= 11 is 18.0. The molecule has 1 aliphatic rings.